The second-order valence-corrected chi connectivity index (χ2v) is 5.79. The van der Waals surface area contributed by atoms with Gasteiger partial charge in [-0.25, -0.2) is 0 Å². The van der Waals surface area contributed by atoms with Crippen molar-refractivity contribution in [2.75, 3.05) is 5.32 Å². The molecule has 1 amide bonds. The zero-order chi connectivity index (χ0) is 18.2. The molecule has 0 bridgehead atoms. The predicted octanol–water partition coefficient (Wildman–Crippen LogP) is 4.58. The van der Waals surface area contributed by atoms with Crippen LogP contribution in [-0.4, -0.2) is 5.91 Å². The van der Waals surface area contributed by atoms with Crippen molar-refractivity contribution in [3.8, 4) is 11.8 Å². The molecule has 4 nitrogen and oxygen atoms in total. The van der Waals surface area contributed by atoms with Crippen molar-refractivity contribution in [2.24, 2.45) is 0 Å². The second kappa shape index (κ2) is 8.50. The number of ether oxygens (including phenoxy) is 1. The van der Waals surface area contributed by atoms with Crippen molar-refractivity contribution >= 4 is 11.6 Å². The van der Waals surface area contributed by atoms with E-state index in [4.69, 9.17) is 10.00 Å². The first-order valence-electron chi connectivity index (χ1n) is 8.28. The summed E-state index contributed by atoms with van der Waals surface area (Å²) in [7, 11) is 0. The van der Waals surface area contributed by atoms with Gasteiger partial charge in [-0.1, -0.05) is 48.5 Å². The van der Waals surface area contributed by atoms with E-state index in [1.54, 1.807) is 30.3 Å². The third kappa shape index (κ3) is 4.71. The molecule has 26 heavy (non-hydrogen) atoms. The smallest absolute Gasteiger partial charge is 0.255 e. The Labute approximate surface area is 152 Å². The van der Waals surface area contributed by atoms with Gasteiger partial charge >= 0.3 is 0 Å². The van der Waals surface area contributed by atoms with Gasteiger partial charge in [-0.2, -0.15) is 5.26 Å². The van der Waals surface area contributed by atoms with Crippen molar-refractivity contribution < 1.29 is 9.53 Å². The molecule has 0 aliphatic heterocycles. The van der Waals surface area contributed by atoms with Crippen LogP contribution in [0.5, 0.6) is 5.75 Å². The molecule has 0 aromatic heterocycles. The van der Waals surface area contributed by atoms with Gasteiger partial charge in [0.15, 0.2) is 0 Å². The Balaban J connectivity index is 1.63. The van der Waals surface area contributed by atoms with E-state index < -0.39 is 0 Å². The molecule has 0 aliphatic rings. The molecule has 0 unspecified atom stereocenters. The third-order valence-electron chi connectivity index (χ3n) is 3.84. The molecule has 4 heteroatoms. The van der Waals surface area contributed by atoms with Crippen molar-refractivity contribution in [1.82, 2.24) is 0 Å². The molecular weight excluding hydrogens is 324 g/mol. The zero-order valence-electron chi connectivity index (χ0n) is 14.2. The highest BCUT2D eigenvalue weighted by Gasteiger charge is 2.08. The van der Waals surface area contributed by atoms with Crippen LogP contribution < -0.4 is 10.1 Å². The van der Waals surface area contributed by atoms with Crippen LogP contribution in [0.25, 0.3) is 0 Å². The van der Waals surface area contributed by atoms with E-state index in [-0.39, 0.29) is 5.91 Å². The van der Waals surface area contributed by atoms with Crippen molar-refractivity contribution in [3.05, 3.63) is 95.6 Å². The van der Waals surface area contributed by atoms with Crippen LogP contribution in [0.2, 0.25) is 0 Å². The van der Waals surface area contributed by atoms with Gasteiger partial charge < -0.3 is 10.1 Å². The van der Waals surface area contributed by atoms with Gasteiger partial charge in [-0.05, 0) is 41.5 Å². The third-order valence-corrected chi connectivity index (χ3v) is 3.84. The second-order valence-electron chi connectivity index (χ2n) is 5.79. The summed E-state index contributed by atoms with van der Waals surface area (Å²) < 4.78 is 5.77. The molecule has 0 atom stereocenters. The van der Waals surface area contributed by atoms with Crippen molar-refractivity contribution in [3.63, 3.8) is 0 Å². The summed E-state index contributed by atoms with van der Waals surface area (Å²) >= 11 is 0. The summed E-state index contributed by atoms with van der Waals surface area (Å²) in [5.41, 5.74) is 3.20. The van der Waals surface area contributed by atoms with E-state index in [9.17, 15) is 4.79 Å². The molecule has 0 heterocycles. The Morgan fingerprint density at radius 2 is 1.69 bits per heavy atom. The lowest BCUT2D eigenvalue weighted by Crippen LogP contribution is -2.12. The first-order chi connectivity index (χ1) is 12.7. The minimum absolute atomic E-state index is 0.205. The number of hydrogen-bond acceptors (Lipinski definition) is 3. The van der Waals surface area contributed by atoms with Crippen LogP contribution in [0.4, 0.5) is 5.69 Å². The van der Waals surface area contributed by atoms with Crippen LogP contribution in [0, 0.1) is 11.3 Å². The quantitative estimate of drug-likeness (QED) is 0.713. The van der Waals surface area contributed by atoms with Crippen LogP contribution >= 0.6 is 0 Å². The number of rotatable bonds is 6. The number of nitriles is 1. The first-order valence-corrected chi connectivity index (χ1v) is 8.28. The van der Waals surface area contributed by atoms with Gasteiger partial charge in [0, 0.05) is 11.3 Å². The fraction of sp³-hybridized carbons (Fsp3) is 0.0909. The first kappa shape index (κ1) is 17.2. The van der Waals surface area contributed by atoms with Crippen LogP contribution in [0.3, 0.4) is 0 Å². The van der Waals surface area contributed by atoms with Gasteiger partial charge in [0.2, 0.25) is 0 Å². The van der Waals surface area contributed by atoms with Gasteiger partial charge in [-0.3, -0.25) is 4.79 Å². The Kier molecular flexibility index (Phi) is 5.64. The van der Waals surface area contributed by atoms with E-state index in [0.717, 1.165) is 11.1 Å². The molecule has 0 aliphatic carbocycles. The number of nitrogens with zero attached hydrogens (tertiary/aromatic N) is 1. The van der Waals surface area contributed by atoms with Gasteiger partial charge in [0.05, 0.1) is 12.5 Å². The van der Waals surface area contributed by atoms with Gasteiger partial charge in [0.1, 0.15) is 12.4 Å². The predicted molar refractivity (Wildman–Crippen MR) is 101 cm³/mol. The molecular formula is C22H18N2O2. The normalized spacial score (nSPS) is 9.96. The Morgan fingerprint density at radius 3 is 2.42 bits per heavy atom. The maximum absolute atomic E-state index is 12.4. The number of amides is 1. The SMILES string of the molecule is N#CCc1ccc(NC(=O)c2cccc(OCc3ccccc3)c2)cc1. The number of benzene rings is 3. The van der Waals surface area contributed by atoms with Gasteiger partial charge in [-0.15, -0.1) is 0 Å². The highest BCUT2D eigenvalue weighted by molar-refractivity contribution is 6.04. The molecule has 0 radical (unpaired) electrons. The fourth-order valence-electron chi connectivity index (χ4n) is 2.47. The van der Waals surface area contributed by atoms with E-state index in [1.165, 1.54) is 0 Å². The minimum Gasteiger partial charge on any atom is -0.489 e. The lowest BCUT2D eigenvalue weighted by atomic mass is 10.1. The molecule has 3 aromatic rings. The topological polar surface area (TPSA) is 62.1 Å². The Morgan fingerprint density at radius 1 is 0.923 bits per heavy atom. The Bertz CT molecular complexity index is 913. The Hall–Kier alpha value is -3.58. The molecule has 3 aromatic carbocycles. The number of carbonyl (C=O) groups excluding carboxylic acids is 1. The average Bonchev–Trinajstić information content (AvgIpc) is 2.69. The van der Waals surface area contributed by atoms with E-state index in [2.05, 4.69) is 11.4 Å². The summed E-state index contributed by atoms with van der Waals surface area (Å²) in [5.74, 6) is 0.439. The van der Waals surface area contributed by atoms with Crippen LogP contribution in [-0.2, 0) is 13.0 Å². The molecule has 0 saturated heterocycles. The summed E-state index contributed by atoms with van der Waals surface area (Å²) in [5, 5.41) is 11.5. The van der Waals surface area contributed by atoms with Crippen LogP contribution in [0.15, 0.2) is 78.9 Å². The number of anilines is 1. The molecule has 1 N–H and O–H groups in total. The molecule has 0 fully saturated rings. The zero-order valence-corrected chi connectivity index (χ0v) is 14.2. The largest absolute Gasteiger partial charge is 0.489 e. The molecule has 3 rings (SSSR count). The van der Waals surface area contributed by atoms with E-state index in [1.807, 2.05) is 48.5 Å². The monoisotopic (exact) mass is 342 g/mol. The highest BCUT2D eigenvalue weighted by atomic mass is 16.5. The number of hydrogen-bond donors (Lipinski definition) is 1. The molecule has 128 valence electrons. The van der Waals surface area contributed by atoms with Crippen LogP contribution in [0.1, 0.15) is 21.5 Å². The van der Waals surface area contributed by atoms with E-state index >= 15 is 0 Å². The summed E-state index contributed by atoms with van der Waals surface area (Å²) in [6.07, 6.45) is 0.356. The lowest BCUT2D eigenvalue weighted by molar-refractivity contribution is 0.102. The summed E-state index contributed by atoms with van der Waals surface area (Å²) in [4.78, 5) is 12.4. The molecule has 0 saturated carbocycles. The molecule has 0 spiro atoms. The van der Waals surface area contributed by atoms with Crippen molar-refractivity contribution in [2.45, 2.75) is 13.0 Å². The maximum Gasteiger partial charge on any atom is 0.255 e. The number of carbonyl (C=O) groups is 1. The minimum atomic E-state index is -0.205. The van der Waals surface area contributed by atoms with Crippen molar-refractivity contribution in [1.29, 1.82) is 5.26 Å². The fourth-order valence-corrected chi connectivity index (χ4v) is 2.47. The standard InChI is InChI=1S/C22H18N2O2/c23-14-13-17-9-11-20(12-10-17)24-22(25)19-7-4-8-21(15-19)26-16-18-5-2-1-3-6-18/h1-12,15H,13,16H2,(H,24,25). The summed E-state index contributed by atoms with van der Waals surface area (Å²) in [6, 6.07) is 26.3. The number of nitrogens with one attached hydrogen (secondary N) is 1. The average molecular weight is 342 g/mol. The maximum atomic E-state index is 12.4. The van der Waals surface area contributed by atoms with E-state index in [0.29, 0.717) is 30.0 Å². The lowest BCUT2D eigenvalue weighted by Gasteiger charge is -2.09. The summed E-state index contributed by atoms with van der Waals surface area (Å²) in [6.45, 7) is 0.451. The highest BCUT2D eigenvalue weighted by Crippen LogP contribution is 2.17. The van der Waals surface area contributed by atoms with Gasteiger partial charge in [0.25, 0.3) is 5.91 Å².